The number of nitrogens with two attached hydrogens (primary N) is 1. The third kappa shape index (κ3) is 2.99. The first-order valence-electron chi connectivity index (χ1n) is 5.63. The second-order valence-electron chi connectivity index (χ2n) is 4.66. The summed E-state index contributed by atoms with van der Waals surface area (Å²) in [7, 11) is 0. The van der Waals surface area contributed by atoms with Gasteiger partial charge in [-0.1, -0.05) is 23.2 Å². The van der Waals surface area contributed by atoms with Gasteiger partial charge in [-0.3, -0.25) is 4.79 Å². The number of rotatable bonds is 3. The van der Waals surface area contributed by atoms with Crippen LogP contribution >= 0.6 is 39.1 Å². The number of carbonyl (C=O) groups is 1. The van der Waals surface area contributed by atoms with Gasteiger partial charge in [0.25, 0.3) is 0 Å². The smallest absolute Gasteiger partial charge is 0.226 e. The van der Waals surface area contributed by atoms with Crippen LogP contribution in [0.15, 0.2) is 16.6 Å². The lowest BCUT2D eigenvalue weighted by molar-refractivity contribution is -0.118. The summed E-state index contributed by atoms with van der Waals surface area (Å²) in [6.45, 7) is 0. The van der Waals surface area contributed by atoms with Crippen molar-refractivity contribution in [2.75, 3.05) is 5.32 Å². The summed E-state index contributed by atoms with van der Waals surface area (Å²) in [6, 6.07) is 3.45. The standard InChI is InChI=1S/C12H13BrCl2N2O/c13-7-2-3-8(11(15)10(7)14)17-9(18)6-12(16)4-1-5-12/h2-3H,1,4-6,16H2,(H,17,18). The number of halogens is 3. The van der Waals surface area contributed by atoms with Crippen molar-refractivity contribution in [1.82, 2.24) is 0 Å². The normalized spacial score (nSPS) is 17.1. The lowest BCUT2D eigenvalue weighted by Gasteiger charge is -2.37. The van der Waals surface area contributed by atoms with Gasteiger partial charge >= 0.3 is 0 Å². The number of anilines is 1. The first-order chi connectivity index (χ1) is 8.41. The second-order valence-corrected chi connectivity index (χ2v) is 6.27. The van der Waals surface area contributed by atoms with Crippen LogP contribution in [0, 0.1) is 0 Å². The van der Waals surface area contributed by atoms with Crippen LogP contribution < -0.4 is 11.1 Å². The summed E-state index contributed by atoms with van der Waals surface area (Å²) in [6.07, 6.45) is 3.20. The van der Waals surface area contributed by atoms with Gasteiger partial charge in [0.2, 0.25) is 5.91 Å². The van der Waals surface area contributed by atoms with Crippen molar-refractivity contribution in [2.45, 2.75) is 31.2 Å². The molecule has 0 heterocycles. The van der Waals surface area contributed by atoms with Gasteiger partial charge in [0.1, 0.15) is 0 Å². The van der Waals surface area contributed by atoms with Crippen LogP contribution in [0.25, 0.3) is 0 Å². The minimum Gasteiger partial charge on any atom is -0.325 e. The molecule has 18 heavy (non-hydrogen) atoms. The average molecular weight is 352 g/mol. The molecule has 2 rings (SSSR count). The molecule has 0 radical (unpaired) electrons. The third-order valence-corrected chi connectivity index (χ3v) is 4.94. The van der Waals surface area contributed by atoms with E-state index in [1.807, 2.05) is 0 Å². The highest BCUT2D eigenvalue weighted by molar-refractivity contribution is 9.10. The Labute approximate surface area is 124 Å². The van der Waals surface area contributed by atoms with Gasteiger partial charge in [-0.05, 0) is 47.3 Å². The zero-order chi connectivity index (χ0) is 13.3. The van der Waals surface area contributed by atoms with Crippen molar-refractivity contribution in [3.63, 3.8) is 0 Å². The Hall–Kier alpha value is -0.290. The Kier molecular flexibility index (Phi) is 4.22. The molecule has 1 aromatic rings. The number of benzene rings is 1. The number of nitrogens with one attached hydrogen (secondary N) is 1. The number of carbonyl (C=O) groups excluding carboxylic acids is 1. The van der Waals surface area contributed by atoms with Crippen LogP contribution in [-0.4, -0.2) is 11.4 Å². The van der Waals surface area contributed by atoms with Crippen molar-refractivity contribution >= 4 is 50.7 Å². The highest BCUT2D eigenvalue weighted by Crippen LogP contribution is 2.37. The van der Waals surface area contributed by atoms with E-state index in [1.165, 1.54) is 0 Å². The fourth-order valence-corrected chi connectivity index (χ4v) is 2.77. The summed E-state index contributed by atoms with van der Waals surface area (Å²) in [4.78, 5) is 11.9. The molecular formula is C12H13BrCl2N2O. The van der Waals surface area contributed by atoms with Crippen LogP contribution in [0.4, 0.5) is 5.69 Å². The molecule has 0 spiro atoms. The predicted octanol–water partition coefficient (Wildman–Crippen LogP) is 3.97. The van der Waals surface area contributed by atoms with Crippen LogP contribution in [0.3, 0.4) is 0 Å². The molecule has 98 valence electrons. The molecule has 6 heteroatoms. The predicted molar refractivity (Wildman–Crippen MR) is 78.2 cm³/mol. The molecule has 3 N–H and O–H groups in total. The van der Waals surface area contributed by atoms with E-state index in [9.17, 15) is 4.79 Å². The SMILES string of the molecule is NC1(CC(=O)Nc2ccc(Br)c(Cl)c2Cl)CCC1. The van der Waals surface area contributed by atoms with E-state index < -0.39 is 0 Å². The monoisotopic (exact) mass is 350 g/mol. The molecule has 0 aliphatic heterocycles. The first-order valence-corrected chi connectivity index (χ1v) is 7.18. The molecule has 0 unspecified atom stereocenters. The number of hydrogen-bond donors (Lipinski definition) is 2. The van der Waals surface area contributed by atoms with E-state index >= 15 is 0 Å². The van der Waals surface area contributed by atoms with Crippen molar-refractivity contribution in [2.24, 2.45) is 5.73 Å². The molecule has 0 bridgehead atoms. The zero-order valence-corrected chi connectivity index (χ0v) is 12.7. The molecular weight excluding hydrogens is 339 g/mol. The number of hydrogen-bond acceptors (Lipinski definition) is 2. The Morgan fingerprint density at radius 3 is 2.61 bits per heavy atom. The lowest BCUT2D eigenvalue weighted by Crippen LogP contribution is -2.48. The second kappa shape index (κ2) is 5.37. The fraction of sp³-hybridized carbons (Fsp3) is 0.417. The summed E-state index contributed by atoms with van der Waals surface area (Å²) < 4.78 is 0.696. The van der Waals surface area contributed by atoms with Gasteiger partial charge in [0.15, 0.2) is 0 Å². The van der Waals surface area contributed by atoms with E-state index in [1.54, 1.807) is 12.1 Å². The third-order valence-electron chi connectivity index (χ3n) is 3.17. The molecule has 1 saturated carbocycles. The Balaban J connectivity index is 2.05. The van der Waals surface area contributed by atoms with Gasteiger partial charge in [-0.2, -0.15) is 0 Å². The van der Waals surface area contributed by atoms with Gasteiger partial charge in [0.05, 0.1) is 15.7 Å². The fourth-order valence-electron chi connectivity index (χ4n) is 1.94. The molecule has 0 atom stereocenters. The van der Waals surface area contributed by atoms with Crippen molar-refractivity contribution in [3.05, 3.63) is 26.7 Å². The summed E-state index contributed by atoms with van der Waals surface area (Å²) in [5.74, 6) is -0.127. The van der Waals surface area contributed by atoms with Crippen molar-refractivity contribution in [1.29, 1.82) is 0 Å². The van der Waals surface area contributed by atoms with Crippen molar-refractivity contribution < 1.29 is 4.79 Å². The quantitative estimate of drug-likeness (QED) is 0.809. The van der Waals surface area contributed by atoms with E-state index in [0.29, 0.717) is 26.6 Å². The molecule has 0 aromatic heterocycles. The van der Waals surface area contributed by atoms with Gasteiger partial charge < -0.3 is 11.1 Å². The molecule has 0 saturated heterocycles. The van der Waals surface area contributed by atoms with Gasteiger partial charge in [-0.15, -0.1) is 0 Å². The maximum absolute atomic E-state index is 11.9. The van der Waals surface area contributed by atoms with Crippen molar-refractivity contribution in [3.8, 4) is 0 Å². The topological polar surface area (TPSA) is 55.1 Å². The van der Waals surface area contributed by atoms with Crippen LogP contribution in [0.1, 0.15) is 25.7 Å². The van der Waals surface area contributed by atoms with E-state index in [2.05, 4.69) is 21.2 Å². The van der Waals surface area contributed by atoms with E-state index in [-0.39, 0.29) is 11.4 Å². The summed E-state index contributed by atoms with van der Waals surface area (Å²) >= 11 is 15.3. The average Bonchev–Trinajstić information content (AvgIpc) is 2.28. The summed E-state index contributed by atoms with van der Waals surface area (Å²) in [5, 5.41) is 3.47. The highest BCUT2D eigenvalue weighted by atomic mass is 79.9. The molecule has 1 aliphatic rings. The first kappa shape index (κ1) is 14.1. The van der Waals surface area contributed by atoms with E-state index in [4.69, 9.17) is 28.9 Å². The summed E-state index contributed by atoms with van der Waals surface area (Å²) in [5.41, 5.74) is 6.20. The Bertz CT molecular complexity index is 489. The largest absolute Gasteiger partial charge is 0.325 e. The van der Waals surface area contributed by atoms with Gasteiger partial charge in [0, 0.05) is 16.4 Å². The molecule has 1 amide bonds. The molecule has 1 aromatic carbocycles. The minimum atomic E-state index is -0.338. The maximum Gasteiger partial charge on any atom is 0.226 e. The number of amides is 1. The minimum absolute atomic E-state index is 0.127. The molecule has 3 nitrogen and oxygen atoms in total. The van der Waals surface area contributed by atoms with Crippen LogP contribution in [0.2, 0.25) is 10.0 Å². The molecule has 1 aliphatic carbocycles. The highest BCUT2D eigenvalue weighted by Gasteiger charge is 2.34. The zero-order valence-electron chi connectivity index (χ0n) is 9.60. The van der Waals surface area contributed by atoms with Crippen LogP contribution in [0.5, 0.6) is 0 Å². The van der Waals surface area contributed by atoms with Gasteiger partial charge in [-0.25, -0.2) is 0 Å². The van der Waals surface area contributed by atoms with E-state index in [0.717, 1.165) is 19.3 Å². The van der Waals surface area contributed by atoms with Crippen LogP contribution in [-0.2, 0) is 4.79 Å². The maximum atomic E-state index is 11.9. The Morgan fingerprint density at radius 1 is 1.39 bits per heavy atom. The Morgan fingerprint density at radius 2 is 2.06 bits per heavy atom. The lowest BCUT2D eigenvalue weighted by atomic mass is 9.75. The molecule has 1 fully saturated rings.